The van der Waals surface area contributed by atoms with Gasteiger partial charge in [-0.2, -0.15) is 8.42 Å². The molecule has 0 radical (unpaired) electrons. The van der Waals surface area contributed by atoms with E-state index in [0.717, 1.165) is 5.56 Å². The average molecular weight is 408 g/mol. The Kier molecular flexibility index (Phi) is 5.53. The molecule has 0 saturated carbocycles. The van der Waals surface area contributed by atoms with E-state index in [1.165, 1.54) is 18.2 Å². The summed E-state index contributed by atoms with van der Waals surface area (Å²) in [4.78, 5) is -0.0812. The molecule has 1 unspecified atom stereocenters. The van der Waals surface area contributed by atoms with Crippen molar-refractivity contribution in [3.8, 4) is 5.75 Å². The largest absolute Gasteiger partial charge is 0.490 e. The molecule has 28 heavy (non-hydrogen) atoms. The zero-order chi connectivity index (χ0) is 20.7. The number of fused-ring (bicyclic) bond motifs is 1. The highest BCUT2D eigenvalue weighted by atomic mass is 32.2. The Balaban J connectivity index is 2.25. The standard InChI is InChI=1S/C21H25FO5S/c1-5-27-28(24,25)19-9-6-14(4)10-17(19)21(23)12-26-18-11-15(22)7-8-16(18)20(21)13(2)3/h6-11,13,20,23H,5,12H2,1-4H3/t20-,21?/m0/s1. The molecule has 0 spiro atoms. The average Bonchev–Trinajstić information content (AvgIpc) is 2.61. The van der Waals surface area contributed by atoms with Crippen molar-refractivity contribution in [2.24, 2.45) is 5.92 Å². The second-order valence-corrected chi connectivity index (χ2v) is 9.06. The molecule has 0 amide bonds. The third-order valence-electron chi connectivity index (χ3n) is 5.08. The van der Waals surface area contributed by atoms with Gasteiger partial charge >= 0.3 is 0 Å². The molecule has 152 valence electrons. The zero-order valence-corrected chi connectivity index (χ0v) is 17.2. The fourth-order valence-corrected chi connectivity index (χ4v) is 5.18. The van der Waals surface area contributed by atoms with Crippen LogP contribution in [-0.2, 0) is 19.9 Å². The van der Waals surface area contributed by atoms with Crippen LogP contribution in [0.15, 0.2) is 41.3 Å². The van der Waals surface area contributed by atoms with Gasteiger partial charge in [0.25, 0.3) is 10.1 Å². The van der Waals surface area contributed by atoms with Gasteiger partial charge in [-0.25, -0.2) is 4.39 Å². The minimum Gasteiger partial charge on any atom is -0.490 e. The molecule has 0 fully saturated rings. The monoisotopic (exact) mass is 408 g/mol. The molecule has 2 aromatic carbocycles. The predicted octanol–water partition coefficient (Wildman–Crippen LogP) is 3.88. The molecular weight excluding hydrogens is 383 g/mol. The van der Waals surface area contributed by atoms with Gasteiger partial charge in [0.05, 0.1) is 6.61 Å². The summed E-state index contributed by atoms with van der Waals surface area (Å²) in [7, 11) is -4.05. The van der Waals surface area contributed by atoms with E-state index in [-0.39, 0.29) is 29.6 Å². The summed E-state index contributed by atoms with van der Waals surface area (Å²) in [6.45, 7) is 7.07. The Morgan fingerprint density at radius 2 is 2.00 bits per heavy atom. The van der Waals surface area contributed by atoms with Crippen molar-refractivity contribution in [2.75, 3.05) is 13.2 Å². The van der Waals surface area contributed by atoms with Crippen molar-refractivity contribution >= 4 is 10.1 Å². The third kappa shape index (κ3) is 3.54. The summed E-state index contributed by atoms with van der Waals surface area (Å²) in [6.07, 6.45) is 0. The zero-order valence-electron chi connectivity index (χ0n) is 16.4. The molecular formula is C21H25FO5S. The molecule has 1 aliphatic rings. The Morgan fingerprint density at radius 1 is 1.29 bits per heavy atom. The van der Waals surface area contributed by atoms with Gasteiger partial charge in [0.15, 0.2) is 0 Å². The fraction of sp³-hybridized carbons (Fsp3) is 0.429. The lowest BCUT2D eigenvalue weighted by Gasteiger charge is -2.44. The van der Waals surface area contributed by atoms with Crippen molar-refractivity contribution in [1.29, 1.82) is 0 Å². The van der Waals surface area contributed by atoms with Gasteiger partial charge in [0.1, 0.15) is 28.7 Å². The van der Waals surface area contributed by atoms with E-state index in [4.69, 9.17) is 8.92 Å². The van der Waals surface area contributed by atoms with Crippen LogP contribution in [0.2, 0.25) is 0 Å². The van der Waals surface area contributed by atoms with Gasteiger partial charge in [0.2, 0.25) is 0 Å². The quantitative estimate of drug-likeness (QED) is 0.760. The summed E-state index contributed by atoms with van der Waals surface area (Å²) < 4.78 is 49.7. The lowest BCUT2D eigenvalue weighted by molar-refractivity contribution is -0.0620. The topological polar surface area (TPSA) is 72.8 Å². The van der Waals surface area contributed by atoms with E-state index in [2.05, 4.69) is 0 Å². The number of hydrogen-bond acceptors (Lipinski definition) is 5. The molecule has 0 aliphatic carbocycles. The van der Waals surface area contributed by atoms with Crippen LogP contribution in [0.1, 0.15) is 43.4 Å². The number of benzene rings is 2. The third-order valence-corrected chi connectivity index (χ3v) is 6.52. The number of hydrogen-bond donors (Lipinski definition) is 1. The SMILES string of the molecule is CCOS(=O)(=O)c1ccc(C)cc1C1(O)COc2cc(F)ccc2[C@@H]1C(C)C. The van der Waals surface area contributed by atoms with Crippen LogP contribution < -0.4 is 4.74 Å². The highest BCUT2D eigenvalue weighted by Gasteiger charge is 2.48. The smallest absolute Gasteiger partial charge is 0.297 e. The molecule has 2 atom stereocenters. The summed E-state index contributed by atoms with van der Waals surface area (Å²) >= 11 is 0. The van der Waals surface area contributed by atoms with Crippen LogP contribution in [-0.4, -0.2) is 26.7 Å². The minimum atomic E-state index is -4.05. The van der Waals surface area contributed by atoms with E-state index >= 15 is 0 Å². The molecule has 1 heterocycles. The molecule has 0 aromatic heterocycles. The number of ether oxygens (including phenoxy) is 1. The predicted molar refractivity (Wildman–Crippen MR) is 103 cm³/mol. The summed E-state index contributed by atoms with van der Waals surface area (Å²) in [6, 6.07) is 8.96. The van der Waals surface area contributed by atoms with Gasteiger partial charge in [-0.3, -0.25) is 4.18 Å². The van der Waals surface area contributed by atoms with Crippen LogP contribution in [0.25, 0.3) is 0 Å². The van der Waals surface area contributed by atoms with Crippen LogP contribution in [0, 0.1) is 18.7 Å². The normalized spacial score (nSPS) is 22.0. The van der Waals surface area contributed by atoms with Crippen molar-refractivity contribution in [3.05, 3.63) is 58.9 Å². The first-order valence-corrected chi connectivity index (χ1v) is 10.7. The second kappa shape index (κ2) is 7.46. The lowest BCUT2D eigenvalue weighted by atomic mass is 9.70. The Bertz CT molecular complexity index is 986. The Hall–Kier alpha value is -1.96. The first-order valence-electron chi connectivity index (χ1n) is 9.25. The molecule has 5 nitrogen and oxygen atoms in total. The van der Waals surface area contributed by atoms with E-state index in [1.807, 2.05) is 20.8 Å². The molecule has 1 N–H and O–H groups in total. The second-order valence-electron chi connectivity index (χ2n) is 7.48. The van der Waals surface area contributed by atoms with Gasteiger partial charge in [-0.15, -0.1) is 0 Å². The van der Waals surface area contributed by atoms with E-state index in [1.54, 1.807) is 25.1 Å². The van der Waals surface area contributed by atoms with Crippen molar-refractivity contribution in [2.45, 2.75) is 44.1 Å². The number of aliphatic hydroxyl groups is 1. The molecule has 7 heteroatoms. The molecule has 0 saturated heterocycles. The molecule has 2 aromatic rings. The highest BCUT2D eigenvalue weighted by Crippen LogP contribution is 2.50. The Morgan fingerprint density at radius 3 is 2.64 bits per heavy atom. The van der Waals surface area contributed by atoms with Gasteiger partial charge in [0, 0.05) is 23.1 Å². The number of rotatable bonds is 5. The maximum atomic E-state index is 13.7. The maximum absolute atomic E-state index is 13.7. The van der Waals surface area contributed by atoms with Crippen LogP contribution >= 0.6 is 0 Å². The summed E-state index contributed by atoms with van der Waals surface area (Å²) in [5, 5.41) is 11.8. The van der Waals surface area contributed by atoms with Crippen molar-refractivity contribution in [3.63, 3.8) is 0 Å². The van der Waals surface area contributed by atoms with Crippen LogP contribution in [0.3, 0.4) is 0 Å². The van der Waals surface area contributed by atoms with E-state index < -0.39 is 27.5 Å². The fourth-order valence-electron chi connectivity index (χ4n) is 4.00. The van der Waals surface area contributed by atoms with Crippen LogP contribution in [0.5, 0.6) is 5.75 Å². The first-order chi connectivity index (χ1) is 13.1. The first kappa shape index (κ1) is 20.8. The van der Waals surface area contributed by atoms with Crippen molar-refractivity contribution in [1.82, 2.24) is 0 Å². The summed E-state index contributed by atoms with van der Waals surface area (Å²) in [5.74, 6) is -0.623. The number of halogens is 1. The lowest BCUT2D eigenvalue weighted by Crippen LogP contribution is -2.45. The summed E-state index contributed by atoms with van der Waals surface area (Å²) in [5.41, 5.74) is 0.0529. The minimum absolute atomic E-state index is 0.0136. The molecule has 3 rings (SSSR count). The van der Waals surface area contributed by atoms with E-state index in [9.17, 15) is 17.9 Å². The maximum Gasteiger partial charge on any atom is 0.297 e. The van der Waals surface area contributed by atoms with Gasteiger partial charge in [-0.05, 0) is 31.9 Å². The van der Waals surface area contributed by atoms with Gasteiger partial charge in [-0.1, -0.05) is 37.6 Å². The van der Waals surface area contributed by atoms with Crippen LogP contribution in [0.4, 0.5) is 4.39 Å². The Labute approximate surface area is 165 Å². The van der Waals surface area contributed by atoms with Gasteiger partial charge < -0.3 is 9.84 Å². The number of aryl methyl sites for hydroxylation is 1. The van der Waals surface area contributed by atoms with E-state index in [0.29, 0.717) is 11.3 Å². The van der Waals surface area contributed by atoms with Crippen molar-refractivity contribution < 1.29 is 26.8 Å². The molecule has 1 aliphatic heterocycles. The highest BCUT2D eigenvalue weighted by molar-refractivity contribution is 7.86. The molecule has 0 bridgehead atoms.